The SMILES string of the molecule is Cc1ccc(C(=O)Nc2cccc(C(F)(F)F)c2)cc1-c1cc2cnc(NC3CCOCC3)nc2c(-c2ccccn2)c1O. The molecule has 8 nitrogen and oxygen atoms in total. The maximum Gasteiger partial charge on any atom is 0.416 e. The Morgan fingerprint density at radius 3 is 2.55 bits per heavy atom. The van der Waals surface area contributed by atoms with Gasteiger partial charge in [0.15, 0.2) is 0 Å². The van der Waals surface area contributed by atoms with Gasteiger partial charge in [-0.1, -0.05) is 18.2 Å². The van der Waals surface area contributed by atoms with Crippen molar-refractivity contribution in [1.82, 2.24) is 15.0 Å². The summed E-state index contributed by atoms with van der Waals surface area (Å²) in [6, 6.07) is 16.6. The van der Waals surface area contributed by atoms with Crippen LogP contribution in [0.4, 0.5) is 24.8 Å². The van der Waals surface area contributed by atoms with Crippen molar-refractivity contribution in [2.75, 3.05) is 23.8 Å². The quantitative estimate of drug-likeness (QED) is 0.189. The Bertz CT molecular complexity index is 1840. The number of aromatic hydroxyl groups is 1. The third-order valence-electron chi connectivity index (χ3n) is 7.56. The van der Waals surface area contributed by atoms with Crippen LogP contribution in [-0.4, -0.2) is 45.2 Å². The first-order valence-electron chi connectivity index (χ1n) is 14.1. The highest BCUT2D eigenvalue weighted by atomic mass is 19.4. The number of fused-ring (bicyclic) bond motifs is 1. The predicted octanol–water partition coefficient (Wildman–Crippen LogP) is 7.23. The monoisotopic (exact) mass is 599 g/mol. The maximum absolute atomic E-state index is 13.2. The van der Waals surface area contributed by atoms with E-state index < -0.39 is 17.6 Å². The highest BCUT2D eigenvalue weighted by Crippen LogP contribution is 2.43. The van der Waals surface area contributed by atoms with Gasteiger partial charge in [0.05, 0.1) is 22.3 Å². The maximum atomic E-state index is 13.2. The molecule has 0 radical (unpaired) electrons. The number of carbonyl (C=O) groups is 1. The lowest BCUT2D eigenvalue weighted by molar-refractivity contribution is -0.137. The van der Waals surface area contributed by atoms with E-state index in [1.54, 1.807) is 48.8 Å². The van der Waals surface area contributed by atoms with E-state index in [4.69, 9.17) is 9.72 Å². The number of phenolic OH excluding ortho intramolecular Hbond substituents is 1. The van der Waals surface area contributed by atoms with Crippen LogP contribution in [0.1, 0.15) is 34.3 Å². The van der Waals surface area contributed by atoms with Crippen LogP contribution in [0.25, 0.3) is 33.3 Å². The molecule has 0 saturated carbocycles. The number of phenols is 1. The van der Waals surface area contributed by atoms with Gasteiger partial charge in [-0.25, -0.2) is 9.97 Å². The first-order valence-corrected chi connectivity index (χ1v) is 14.1. The van der Waals surface area contributed by atoms with Gasteiger partial charge >= 0.3 is 6.18 Å². The lowest BCUT2D eigenvalue weighted by Crippen LogP contribution is -2.28. The van der Waals surface area contributed by atoms with Gasteiger partial charge in [-0.05, 0) is 79.4 Å². The van der Waals surface area contributed by atoms with E-state index in [2.05, 4.69) is 20.6 Å². The van der Waals surface area contributed by atoms with Crippen LogP contribution in [-0.2, 0) is 10.9 Å². The number of hydrogen-bond donors (Lipinski definition) is 3. The fraction of sp³-hybridized carbons (Fsp3) is 0.212. The molecule has 3 N–H and O–H groups in total. The minimum Gasteiger partial charge on any atom is -0.507 e. The summed E-state index contributed by atoms with van der Waals surface area (Å²) >= 11 is 0. The van der Waals surface area contributed by atoms with Gasteiger partial charge in [0.1, 0.15) is 5.75 Å². The van der Waals surface area contributed by atoms with Crippen molar-refractivity contribution in [3.05, 3.63) is 95.8 Å². The number of pyridine rings is 1. The normalized spacial score (nSPS) is 14.0. The van der Waals surface area contributed by atoms with E-state index in [9.17, 15) is 23.1 Å². The summed E-state index contributed by atoms with van der Waals surface area (Å²) in [6.45, 7) is 3.15. The van der Waals surface area contributed by atoms with Crippen molar-refractivity contribution in [3.63, 3.8) is 0 Å². The van der Waals surface area contributed by atoms with Gasteiger partial charge in [0, 0.05) is 53.8 Å². The number of rotatable bonds is 6. The van der Waals surface area contributed by atoms with Crippen LogP contribution in [0.2, 0.25) is 0 Å². The third-order valence-corrected chi connectivity index (χ3v) is 7.56. The zero-order chi connectivity index (χ0) is 30.8. The number of carbonyl (C=O) groups excluding carboxylic acids is 1. The van der Waals surface area contributed by atoms with Gasteiger partial charge in [-0.15, -0.1) is 0 Å². The molecule has 2 aromatic heterocycles. The number of aromatic nitrogens is 3. The number of hydrogen-bond acceptors (Lipinski definition) is 7. The Morgan fingerprint density at radius 1 is 0.977 bits per heavy atom. The van der Waals surface area contributed by atoms with Crippen molar-refractivity contribution >= 4 is 28.4 Å². The molecule has 1 saturated heterocycles. The van der Waals surface area contributed by atoms with Crippen LogP contribution in [0.5, 0.6) is 5.75 Å². The second-order valence-corrected chi connectivity index (χ2v) is 10.6. The molecule has 3 heterocycles. The molecular weight excluding hydrogens is 571 g/mol. The summed E-state index contributed by atoms with van der Waals surface area (Å²) in [5, 5.41) is 18.3. The smallest absolute Gasteiger partial charge is 0.416 e. The summed E-state index contributed by atoms with van der Waals surface area (Å²) in [7, 11) is 0. The fourth-order valence-electron chi connectivity index (χ4n) is 5.25. The van der Waals surface area contributed by atoms with Gasteiger partial charge < -0.3 is 20.5 Å². The molecule has 44 heavy (non-hydrogen) atoms. The largest absolute Gasteiger partial charge is 0.507 e. The lowest BCUT2D eigenvalue weighted by Gasteiger charge is -2.23. The lowest BCUT2D eigenvalue weighted by atomic mass is 9.92. The second-order valence-electron chi connectivity index (χ2n) is 10.6. The number of amides is 1. The number of anilines is 2. The van der Waals surface area contributed by atoms with E-state index in [-0.39, 0.29) is 23.0 Å². The first kappa shape index (κ1) is 29.1. The van der Waals surface area contributed by atoms with Crippen LogP contribution in [0.3, 0.4) is 0 Å². The van der Waals surface area contributed by atoms with Crippen LogP contribution < -0.4 is 10.6 Å². The molecular formula is C33H28F3N5O3. The number of aryl methyl sites for hydroxylation is 1. The van der Waals surface area contributed by atoms with Crippen molar-refractivity contribution in [2.24, 2.45) is 0 Å². The first-order chi connectivity index (χ1) is 21.2. The molecule has 1 aliphatic rings. The molecule has 6 rings (SSSR count). The topological polar surface area (TPSA) is 109 Å². The standard InChI is InChI=1S/C33H28F3N5O3/c1-19-8-9-20(31(43)39-24-6-4-5-22(17-24)33(34,35)36)15-25(19)26-16-21-18-38-32(40-23-10-13-44-14-11-23)41-29(21)28(30(26)42)27-7-2-3-12-37-27/h2-9,12,15-18,23,42H,10-11,13-14H2,1H3,(H,39,43)(H,38,40,41). The summed E-state index contributed by atoms with van der Waals surface area (Å²) in [5.41, 5.74) is 2.52. The van der Waals surface area contributed by atoms with Crippen LogP contribution >= 0.6 is 0 Å². The molecule has 1 amide bonds. The fourth-order valence-corrected chi connectivity index (χ4v) is 5.25. The summed E-state index contributed by atoms with van der Waals surface area (Å²) in [4.78, 5) is 26.9. The average Bonchev–Trinajstić information content (AvgIpc) is 3.02. The Kier molecular flexibility index (Phi) is 7.88. The van der Waals surface area contributed by atoms with Crippen molar-refractivity contribution in [3.8, 4) is 28.1 Å². The zero-order valence-electron chi connectivity index (χ0n) is 23.7. The molecule has 1 fully saturated rings. The van der Waals surface area contributed by atoms with E-state index in [0.717, 1.165) is 30.5 Å². The molecule has 11 heteroatoms. The zero-order valence-corrected chi connectivity index (χ0v) is 23.7. The molecule has 5 aromatic rings. The predicted molar refractivity (Wildman–Crippen MR) is 161 cm³/mol. The van der Waals surface area contributed by atoms with Crippen LogP contribution in [0, 0.1) is 6.92 Å². The van der Waals surface area contributed by atoms with Crippen molar-refractivity contribution in [1.29, 1.82) is 0 Å². The Balaban J connectivity index is 1.41. The highest BCUT2D eigenvalue weighted by Gasteiger charge is 2.30. The van der Waals surface area contributed by atoms with Gasteiger partial charge in [0.25, 0.3) is 5.91 Å². The number of halogens is 3. The number of nitrogens with one attached hydrogen (secondary N) is 2. The van der Waals surface area contributed by atoms with Crippen molar-refractivity contribution in [2.45, 2.75) is 32.0 Å². The van der Waals surface area contributed by atoms with E-state index in [1.807, 2.05) is 13.0 Å². The summed E-state index contributed by atoms with van der Waals surface area (Å²) in [6.07, 6.45) is 0.423. The average molecular weight is 600 g/mol. The number of benzene rings is 3. The molecule has 0 unspecified atom stereocenters. The van der Waals surface area contributed by atoms with E-state index in [1.165, 1.54) is 12.1 Å². The molecule has 0 aliphatic carbocycles. The molecule has 3 aromatic carbocycles. The highest BCUT2D eigenvalue weighted by molar-refractivity contribution is 6.06. The summed E-state index contributed by atoms with van der Waals surface area (Å²) in [5.74, 6) is -0.244. The van der Waals surface area contributed by atoms with Crippen molar-refractivity contribution < 1.29 is 27.8 Å². The minimum absolute atomic E-state index is 0.0141. The molecule has 0 atom stereocenters. The Morgan fingerprint density at radius 2 is 1.80 bits per heavy atom. The van der Waals surface area contributed by atoms with E-state index in [0.29, 0.717) is 52.4 Å². The van der Waals surface area contributed by atoms with Crippen LogP contribution in [0.15, 0.2) is 79.1 Å². The van der Waals surface area contributed by atoms with E-state index >= 15 is 0 Å². The number of ether oxygens (including phenoxy) is 1. The number of nitrogens with zero attached hydrogens (tertiary/aromatic N) is 3. The second kappa shape index (κ2) is 11.9. The Labute approximate surface area is 251 Å². The molecule has 1 aliphatic heterocycles. The van der Waals surface area contributed by atoms with Gasteiger partial charge in [-0.2, -0.15) is 13.2 Å². The minimum atomic E-state index is -4.54. The van der Waals surface area contributed by atoms with Gasteiger partial charge in [0.2, 0.25) is 5.95 Å². The third kappa shape index (κ3) is 6.04. The van der Waals surface area contributed by atoms with Gasteiger partial charge in [-0.3, -0.25) is 9.78 Å². The Hall–Kier alpha value is -5.03. The molecule has 224 valence electrons. The molecule has 0 bridgehead atoms. The number of alkyl halides is 3. The molecule has 0 spiro atoms. The summed E-state index contributed by atoms with van der Waals surface area (Å²) < 4.78 is 45.0.